The number of benzene rings is 1. The molecule has 0 saturated carbocycles. The zero-order valence-electron chi connectivity index (χ0n) is 11.5. The van der Waals surface area contributed by atoms with E-state index in [9.17, 15) is 0 Å². The van der Waals surface area contributed by atoms with E-state index in [1.807, 2.05) is 12.1 Å². The number of furan rings is 1. The van der Waals surface area contributed by atoms with E-state index in [1.54, 1.807) is 30.5 Å². The van der Waals surface area contributed by atoms with E-state index in [1.165, 1.54) is 16.4 Å². The molecular formula is C14H13ClN4O2S. The highest BCUT2D eigenvalue weighted by Crippen LogP contribution is 2.22. The van der Waals surface area contributed by atoms with Gasteiger partial charge in [-0.2, -0.15) is 0 Å². The van der Waals surface area contributed by atoms with E-state index in [2.05, 4.69) is 10.2 Å². The maximum absolute atomic E-state index is 5.96. The molecule has 2 heterocycles. The van der Waals surface area contributed by atoms with E-state index in [4.69, 9.17) is 26.6 Å². The number of thioether (sulfide) groups is 1. The van der Waals surface area contributed by atoms with E-state index >= 15 is 0 Å². The molecule has 3 rings (SSSR count). The number of nitrogens with two attached hydrogens (primary N) is 1. The monoisotopic (exact) mass is 336 g/mol. The molecule has 114 valence electrons. The summed E-state index contributed by atoms with van der Waals surface area (Å²) in [4.78, 5) is 0. The molecule has 0 spiro atoms. The molecule has 6 nitrogen and oxygen atoms in total. The van der Waals surface area contributed by atoms with Crippen molar-refractivity contribution >= 4 is 23.4 Å². The van der Waals surface area contributed by atoms with Crippen LogP contribution in [0.3, 0.4) is 0 Å². The largest absolute Gasteiger partial charge is 0.493 e. The molecule has 1 aromatic carbocycles. The molecule has 0 saturated heterocycles. The smallest absolute Gasteiger partial charge is 0.218 e. The Morgan fingerprint density at radius 2 is 2.05 bits per heavy atom. The van der Waals surface area contributed by atoms with Crippen LogP contribution in [-0.2, 0) is 0 Å². The average molecular weight is 337 g/mol. The third kappa shape index (κ3) is 3.37. The lowest BCUT2D eigenvalue weighted by Crippen LogP contribution is -2.12. The van der Waals surface area contributed by atoms with E-state index in [0.29, 0.717) is 34.1 Å². The fourth-order valence-corrected chi connectivity index (χ4v) is 2.57. The summed E-state index contributed by atoms with van der Waals surface area (Å²) < 4.78 is 12.3. The van der Waals surface area contributed by atoms with Crippen LogP contribution in [0.2, 0.25) is 5.02 Å². The maximum Gasteiger partial charge on any atom is 0.218 e. The second-order valence-corrected chi connectivity index (χ2v) is 5.80. The Morgan fingerprint density at radius 1 is 1.23 bits per heavy atom. The van der Waals surface area contributed by atoms with Crippen LogP contribution in [-0.4, -0.2) is 27.2 Å². The summed E-state index contributed by atoms with van der Waals surface area (Å²) in [5.41, 5.74) is 0. The lowest BCUT2D eigenvalue weighted by atomic mass is 10.3. The van der Waals surface area contributed by atoms with Crippen molar-refractivity contribution in [3.8, 4) is 17.3 Å². The first-order valence-electron chi connectivity index (χ1n) is 6.49. The van der Waals surface area contributed by atoms with Crippen LogP contribution in [0.4, 0.5) is 0 Å². The molecule has 0 fully saturated rings. The number of nitrogens with zero attached hydrogens (tertiary/aromatic N) is 3. The van der Waals surface area contributed by atoms with Crippen LogP contribution >= 0.6 is 23.4 Å². The van der Waals surface area contributed by atoms with Crippen molar-refractivity contribution in [3.05, 3.63) is 47.7 Å². The number of nitrogen functional groups attached to an aromatic ring is 1. The van der Waals surface area contributed by atoms with Gasteiger partial charge in [0.2, 0.25) is 11.0 Å². The summed E-state index contributed by atoms with van der Waals surface area (Å²) in [5, 5.41) is 9.36. The minimum atomic E-state index is 0.492. The van der Waals surface area contributed by atoms with Crippen LogP contribution in [0.5, 0.6) is 5.75 Å². The zero-order valence-corrected chi connectivity index (χ0v) is 13.0. The summed E-state index contributed by atoms with van der Waals surface area (Å²) in [6, 6.07) is 10.8. The van der Waals surface area contributed by atoms with Crippen molar-refractivity contribution in [1.29, 1.82) is 0 Å². The maximum atomic E-state index is 5.96. The highest BCUT2D eigenvalue weighted by atomic mass is 35.5. The van der Waals surface area contributed by atoms with Gasteiger partial charge in [0, 0.05) is 10.8 Å². The van der Waals surface area contributed by atoms with Crippen molar-refractivity contribution in [2.75, 3.05) is 18.2 Å². The molecule has 2 N–H and O–H groups in total. The normalized spacial score (nSPS) is 10.8. The average Bonchev–Trinajstić information content (AvgIpc) is 3.16. The van der Waals surface area contributed by atoms with Gasteiger partial charge in [-0.25, -0.2) is 4.68 Å². The summed E-state index contributed by atoms with van der Waals surface area (Å²) >= 11 is 7.28. The second kappa shape index (κ2) is 6.76. The molecule has 0 aliphatic carbocycles. The Hall–Kier alpha value is -2.12. The summed E-state index contributed by atoms with van der Waals surface area (Å²) in [7, 11) is 0. The number of aromatic nitrogens is 3. The second-order valence-electron chi connectivity index (χ2n) is 4.30. The van der Waals surface area contributed by atoms with Gasteiger partial charge in [0.05, 0.1) is 12.9 Å². The fraction of sp³-hybridized carbons (Fsp3) is 0.143. The van der Waals surface area contributed by atoms with Gasteiger partial charge in [0.15, 0.2) is 5.76 Å². The first kappa shape index (κ1) is 14.8. The number of hydrogen-bond donors (Lipinski definition) is 1. The predicted octanol–water partition coefficient (Wildman–Crippen LogP) is 3.08. The number of hydrogen-bond acceptors (Lipinski definition) is 6. The summed E-state index contributed by atoms with van der Waals surface area (Å²) in [6.45, 7) is 0.523. The molecule has 0 aliphatic heterocycles. The third-order valence-corrected chi connectivity index (χ3v) is 3.96. The van der Waals surface area contributed by atoms with Crippen LogP contribution in [0.15, 0.2) is 52.2 Å². The first-order chi connectivity index (χ1) is 10.7. The minimum absolute atomic E-state index is 0.492. The van der Waals surface area contributed by atoms with Gasteiger partial charge in [-0.1, -0.05) is 23.4 Å². The molecular weight excluding hydrogens is 324 g/mol. The SMILES string of the molecule is Nn1c(SCCOc2ccc(Cl)cc2)nnc1-c1ccco1. The number of halogens is 1. The molecule has 8 heteroatoms. The van der Waals surface area contributed by atoms with Gasteiger partial charge in [-0.05, 0) is 36.4 Å². The van der Waals surface area contributed by atoms with Gasteiger partial charge in [-0.15, -0.1) is 10.2 Å². The van der Waals surface area contributed by atoms with Gasteiger partial charge in [-0.3, -0.25) is 0 Å². The van der Waals surface area contributed by atoms with Crippen LogP contribution in [0.25, 0.3) is 11.6 Å². The van der Waals surface area contributed by atoms with Crippen LogP contribution in [0, 0.1) is 0 Å². The van der Waals surface area contributed by atoms with Crippen molar-refractivity contribution in [2.24, 2.45) is 0 Å². The van der Waals surface area contributed by atoms with Gasteiger partial charge in [0.1, 0.15) is 5.75 Å². The Kier molecular flexibility index (Phi) is 4.55. The van der Waals surface area contributed by atoms with Gasteiger partial charge < -0.3 is 15.0 Å². The standard InChI is InChI=1S/C14H13ClN4O2S/c15-10-3-5-11(6-4-10)20-8-9-22-14-18-17-13(19(14)16)12-2-1-7-21-12/h1-7H,8-9,16H2. The topological polar surface area (TPSA) is 79.1 Å². The number of ether oxygens (including phenoxy) is 1. The van der Waals surface area contributed by atoms with Gasteiger partial charge in [0.25, 0.3) is 0 Å². The van der Waals surface area contributed by atoms with Gasteiger partial charge >= 0.3 is 0 Å². The summed E-state index contributed by atoms with van der Waals surface area (Å²) in [5.74, 6) is 8.50. The van der Waals surface area contributed by atoms with Crippen molar-refractivity contribution < 1.29 is 9.15 Å². The molecule has 2 aromatic heterocycles. The van der Waals surface area contributed by atoms with Crippen molar-refractivity contribution in [3.63, 3.8) is 0 Å². The number of rotatable bonds is 6. The molecule has 0 bridgehead atoms. The molecule has 22 heavy (non-hydrogen) atoms. The quantitative estimate of drug-likeness (QED) is 0.423. The Labute approximate surface area is 136 Å². The molecule has 3 aromatic rings. The Bertz CT molecular complexity index is 728. The molecule has 0 radical (unpaired) electrons. The van der Waals surface area contributed by atoms with E-state index < -0.39 is 0 Å². The molecule has 0 atom stereocenters. The Morgan fingerprint density at radius 3 is 2.77 bits per heavy atom. The van der Waals surface area contributed by atoms with Crippen LogP contribution in [0.1, 0.15) is 0 Å². The lowest BCUT2D eigenvalue weighted by molar-refractivity contribution is 0.344. The van der Waals surface area contributed by atoms with E-state index in [-0.39, 0.29) is 0 Å². The molecule has 0 unspecified atom stereocenters. The zero-order chi connectivity index (χ0) is 15.4. The third-order valence-electron chi connectivity index (χ3n) is 2.80. The minimum Gasteiger partial charge on any atom is -0.493 e. The van der Waals surface area contributed by atoms with E-state index in [0.717, 1.165) is 5.75 Å². The highest BCUT2D eigenvalue weighted by molar-refractivity contribution is 7.99. The van der Waals surface area contributed by atoms with Crippen LogP contribution < -0.4 is 10.6 Å². The molecule has 0 amide bonds. The van der Waals surface area contributed by atoms with Crippen molar-refractivity contribution in [2.45, 2.75) is 5.16 Å². The lowest BCUT2D eigenvalue weighted by Gasteiger charge is -2.05. The fourth-order valence-electron chi connectivity index (χ4n) is 1.77. The predicted molar refractivity (Wildman–Crippen MR) is 85.5 cm³/mol. The Balaban J connectivity index is 1.53. The first-order valence-corrected chi connectivity index (χ1v) is 7.86. The summed E-state index contributed by atoms with van der Waals surface area (Å²) in [6.07, 6.45) is 1.57. The highest BCUT2D eigenvalue weighted by Gasteiger charge is 2.13. The molecule has 0 aliphatic rings. The van der Waals surface area contributed by atoms with Crippen molar-refractivity contribution in [1.82, 2.24) is 14.9 Å².